The van der Waals surface area contributed by atoms with Crippen molar-refractivity contribution in [1.29, 1.82) is 0 Å². The Hall–Kier alpha value is -6.98. The molecule has 0 saturated carbocycles. The third kappa shape index (κ3) is 3.54. The minimum absolute atomic E-state index is 0.660. The van der Waals surface area contributed by atoms with Gasteiger partial charge in [-0.05, 0) is 53.6 Å². The number of hydrogen-bond acceptors (Lipinski definition) is 3. The van der Waals surface area contributed by atoms with Gasteiger partial charge in [-0.2, -0.15) is 0 Å². The molecule has 5 heterocycles. The lowest BCUT2D eigenvalue weighted by Crippen LogP contribution is -2.01. The van der Waals surface area contributed by atoms with Gasteiger partial charge in [-0.25, -0.2) is 9.97 Å². The highest BCUT2D eigenvalue weighted by atomic mass is 16.3. The summed E-state index contributed by atoms with van der Waals surface area (Å²) in [6, 6.07) is 55.8. The Kier molecular flexibility index (Phi) is 5.17. The van der Waals surface area contributed by atoms with Crippen molar-refractivity contribution in [2.24, 2.45) is 0 Å². The van der Waals surface area contributed by atoms with Crippen LogP contribution in [0.3, 0.4) is 0 Å². The molecule has 0 aliphatic carbocycles. The minimum atomic E-state index is 0.660. The molecule has 0 saturated heterocycles. The predicted molar refractivity (Wildman–Crippen MR) is 209 cm³/mol. The summed E-state index contributed by atoms with van der Waals surface area (Å²) in [6.07, 6.45) is 0. The summed E-state index contributed by atoms with van der Waals surface area (Å²) in [7, 11) is 0. The van der Waals surface area contributed by atoms with Crippen LogP contribution >= 0.6 is 0 Å². The Morgan fingerprint density at radius 1 is 0.431 bits per heavy atom. The smallest absolute Gasteiger partial charge is 0.197 e. The fourth-order valence-electron chi connectivity index (χ4n) is 8.50. The van der Waals surface area contributed by atoms with Gasteiger partial charge >= 0.3 is 0 Å². The molecule has 0 aliphatic rings. The van der Waals surface area contributed by atoms with E-state index in [1.165, 1.54) is 60.0 Å². The lowest BCUT2D eigenvalue weighted by Gasteiger charge is -2.10. The first-order valence-corrected chi connectivity index (χ1v) is 17.3. The van der Waals surface area contributed by atoms with Crippen molar-refractivity contribution in [2.45, 2.75) is 0 Å². The van der Waals surface area contributed by atoms with Crippen LogP contribution < -0.4 is 0 Å². The number of benzene rings is 7. The first kappa shape index (κ1) is 26.9. The third-order valence-corrected chi connectivity index (χ3v) is 10.7. The second kappa shape index (κ2) is 9.80. The minimum Gasteiger partial charge on any atom is -0.450 e. The summed E-state index contributed by atoms with van der Waals surface area (Å²) in [5.41, 5.74) is 11.4. The molecule has 12 aromatic rings. The molecule has 51 heavy (non-hydrogen) atoms. The third-order valence-electron chi connectivity index (χ3n) is 10.7. The number of nitrogens with zero attached hydrogens (tertiary/aromatic N) is 4. The molecule has 0 spiro atoms. The highest BCUT2D eigenvalue weighted by molar-refractivity contribution is 6.36. The van der Waals surface area contributed by atoms with Crippen molar-refractivity contribution in [3.05, 3.63) is 158 Å². The molecular formula is C46H26N4O. The molecule has 0 unspecified atom stereocenters. The first-order chi connectivity index (χ1) is 25.3. The molecule has 5 heteroatoms. The molecule has 12 rings (SSSR count). The standard InChI is InChI=1S/C46H26N4O/c1-3-13-27(14-4-1)29-23-24-37-34(25-29)40-38(26-33-30-17-7-10-20-35(30)49-36-21-11-8-18-31(36)41(40)43(33)49)50(37)46-44-42(32-19-9-12-22-39(32)51-44)47-45(48-46)28-15-5-2-6-16-28/h1-26H. The van der Waals surface area contributed by atoms with Gasteiger partial charge in [0.15, 0.2) is 17.2 Å². The van der Waals surface area contributed by atoms with Crippen molar-refractivity contribution in [2.75, 3.05) is 0 Å². The van der Waals surface area contributed by atoms with E-state index >= 15 is 0 Å². The monoisotopic (exact) mass is 650 g/mol. The number of furan rings is 1. The molecule has 0 atom stereocenters. The van der Waals surface area contributed by atoms with Crippen LogP contribution in [0, 0.1) is 0 Å². The number of para-hydroxylation sites is 3. The zero-order chi connectivity index (χ0) is 33.2. The Morgan fingerprint density at radius 2 is 1.10 bits per heavy atom. The van der Waals surface area contributed by atoms with E-state index in [9.17, 15) is 0 Å². The number of aromatic nitrogens is 4. The van der Waals surface area contributed by atoms with Gasteiger partial charge in [0.2, 0.25) is 0 Å². The second-order valence-corrected chi connectivity index (χ2v) is 13.4. The van der Waals surface area contributed by atoms with Crippen LogP contribution in [-0.4, -0.2) is 18.9 Å². The number of rotatable bonds is 3. The summed E-state index contributed by atoms with van der Waals surface area (Å²) < 4.78 is 11.5. The van der Waals surface area contributed by atoms with Crippen molar-refractivity contribution >= 4 is 82.0 Å². The average molecular weight is 651 g/mol. The van der Waals surface area contributed by atoms with Crippen LogP contribution in [0.25, 0.3) is 110 Å². The largest absolute Gasteiger partial charge is 0.450 e. The topological polar surface area (TPSA) is 48.3 Å². The fourth-order valence-corrected chi connectivity index (χ4v) is 8.50. The van der Waals surface area contributed by atoms with Gasteiger partial charge in [0.05, 0.1) is 27.6 Å². The maximum Gasteiger partial charge on any atom is 0.197 e. The molecule has 5 aromatic heterocycles. The maximum atomic E-state index is 6.71. The van der Waals surface area contributed by atoms with Crippen LogP contribution in [0.1, 0.15) is 0 Å². The highest BCUT2D eigenvalue weighted by Gasteiger charge is 2.27. The van der Waals surface area contributed by atoms with Gasteiger partial charge in [-0.15, -0.1) is 0 Å². The first-order valence-electron chi connectivity index (χ1n) is 17.3. The van der Waals surface area contributed by atoms with Crippen LogP contribution in [0.4, 0.5) is 0 Å². The van der Waals surface area contributed by atoms with Crippen molar-refractivity contribution in [1.82, 2.24) is 18.9 Å². The van der Waals surface area contributed by atoms with Gasteiger partial charge < -0.3 is 8.82 Å². The normalized spacial score (nSPS) is 12.3. The van der Waals surface area contributed by atoms with E-state index in [1.807, 2.05) is 36.4 Å². The molecule has 0 amide bonds. The summed E-state index contributed by atoms with van der Waals surface area (Å²) in [6.45, 7) is 0. The van der Waals surface area contributed by atoms with Crippen LogP contribution in [0.5, 0.6) is 0 Å². The summed E-state index contributed by atoms with van der Waals surface area (Å²) in [5.74, 6) is 1.39. The highest BCUT2D eigenvalue weighted by Crippen LogP contribution is 2.48. The SMILES string of the molecule is c1ccc(-c2ccc3c(c2)c2c4c5ccccc5n5c6ccccc6c(cc2n3-c2nc(-c3ccccc3)nc3c2oc2ccccc23)c45)cc1. The molecule has 236 valence electrons. The summed E-state index contributed by atoms with van der Waals surface area (Å²) in [5, 5.41) is 8.28. The Morgan fingerprint density at radius 3 is 1.90 bits per heavy atom. The van der Waals surface area contributed by atoms with Gasteiger partial charge in [-0.3, -0.25) is 4.57 Å². The molecule has 0 N–H and O–H groups in total. The van der Waals surface area contributed by atoms with Gasteiger partial charge in [0.25, 0.3) is 0 Å². The van der Waals surface area contributed by atoms with E-state index in [1.54, 1.807) is 0 Å². The van der Waals surface area contributed by atoms with E-state index in [0.717, 1.165) is 38.9 Å². The zero-order valence-corrected chi connectivity index (χ0v) is 27.2. The predicted octanol–water partition coefficient (Wildman–Crippen LogP) is 12.0. The fraction of sp³-hybridized carbons (Fsp3) is 0. The molecule has 5 nitrogen and oxygen atoms in total. The number of hydrogen-bond donors (Lipinski definition) is 0. The molecule has 0 aliphatic heterocycles. The summed E-state index contributed by atoms with van der Waals surface area (Å²) in [4.78, 5) is 10.5. The zero-order valence-electron chi connectivity index (χ0n) is 27.2. The molecule has 0 radical (unpaired) electrons. The molecule has 0 fully saturated rings. The molecule has 7 aromatic carbocycles. The molecule has 0 bridgehead atoms. The van der Waals surface area contributed by atoms with Crippen LogP contribution in [0.2, 0.25) is 0 Å². The quantitative estimate of drug-likeness (QED) is 0.191. The van der Waals surface area contributed by atoms with E-state index in [0.29, 0.717) is 11.4 Å². The maximum absolute atomic E-state index is 6.71. The van der Waals surface area contributed by atoms with E-state index in [4.69, 9.17) is 14.4 Å². The van der Waals surface area contributed by atoms with Gasteiger partial charge in [-0.1, -0.05) is 115 Å². The molecular weight excluding hydrogens is 625 g/mol. The van der Waals surface area contributed by atoms with E-state index in [-0.39, 0.29) is 0 Å². The van der Waals surface area contributed by atoms with Crippen molar-refractivity contribution in [3.8, 4) is 28.3 Å². The van der Waals surface area contributed by atoms with E-state index < -0.39 is 0 Å². The Labute approximate surface area is 290 Å². The van der Waals surface area contributed by atoms with Crippen molar-refractivity contribution < 1.29 is 4.42 Å². The lowest BCUT2D eigenvalue weighted by atomic mass is 9.99. The van der Waals surface area contributed by atoms with E-state index in [2.05, 4.69) is 130 Å². The Balaban J connectivity index is 1.33. The summed E-state index contributed by atoms with van der Waals surface area (Å²) >= 11 is 0. The number of fused-ring (bicyclic) bond motifs is 13. The lowest BCUT2D eigenvalue weighted by molar-refractivity contribution is 0.662. The van der Waals surface area contributed by atoms with Crippen molar-refractivity contribution in [3.63, 3.8) is 0 Å². The van der Waals surface area contributed by atoms with Gasteiger partial charge in [0, 0.05) is 43.3 Å². The Bertz CT molecular complexity index is 3350. The van der Waals surface area contributed by atoms with Crippen LogP contribution in [-0.2, 0) is 0 Å². The van der Waals surface area contributed by atoms with Gasteiger partial charge in [0.1, 0.15) is 11.1 Å². The second-order valence-electron chi connectivity index (χ2n) is 13.4. The van der Waals surface area contributed by atoms with Crippen LogP contribution in [0.15, 0.2) is 162 Å². The average Bonchev–Trinajstić information content (AvgIpc) is 3.93.